The number of nitrogens with one attached hydrogen (secondary N) is 1. The van der Waals surface area contributed by atoms with Crippen LogP contribution in [0, 0.1) is 6.92 Å². The average molecular weight is 443 g/mol. The van der Waals surface area contributed by atoms with Crippen LogP contribution in [-0.2, 0) is 21.9 Å². The van der Waals surface area contributed by atoms with Crippen molar-refractivity contribution in [2.75, 3.05) is 12.9 Å². The van der Waals surface area contributed by atoms with Crippen molar-refractivity contribution in [1.82, 2.24) is 10.2 Å². The maximum Gasteiger partial charge on any atom is 0.242 e. The van der Waals surface area contributed by atoms with Gasteiger partial charge in [-0.1, -0.05) is 36.4 Å². The van der Waals surface area contributed by atoms with Gasteiger partial charge in [-0.05, 0) is 63.4 Å². The normalized spacial score (nSPS) is 12.2. The lowest BCUT2D eigenvalue weighted by Crippen LogP contribution is -2.52. The summed E-state index contributed by atoms with van der Waals surface area (Å²) < 4.78 is 5.19. The summed E-state index contributed by atoms with van der Waals surface area (Å²) in [4.78, 5) is 27.7. The molecule has 31 heavy (non-hydrogen) atoms. The Balaban J connectivity index is 2.09. The molecule has 0 spiro atoms. The minimum Gasteiger partial charge on any atom is -0.497 e. The Kier molecular flexibility index (Phi) is 8.99. The molecule has 0 aromatic heterocycles. The molecule has 0 fully saturated rings. The highest BCUT2D eigenvalue weighted by Gasteiger charge is 2.28. The molecule has 6 heteroatoms. The van der Waals surface area contributed by atoms with Crippen LogP contribution in [-0.4, -0.2) is 41.2 Å². The number of hydrogen-bond donors (Lipinski definition) is 1. The van der Waals surface area contributed by atoms with Crippen molar-refractivity contribution in [2.24, 2.45) is 0 Å². The van der Waals surface area contributed by atoms with E-state index in [4.69, 9.17) is 4.74 Å². The van der Waals surface area contributed by atoms with E-state index in [9.17, 15) is 9.59 Å². The zero-order valence-electron chi connectivity index (χ0n) is 19.4. The summed E-state index contributed by atoms with van der Waals surface area (Å²) in [5.41, 5.74) is 2.93. The summed E-state index contributed by atoms with van der Waals surface area (Å²) in [6.45, 7) is 10.1. The zero-order valence-corrected chi connectivity index (χ0v) is 20.2. The average Bonchev–Trinajstić information content (AvgIpc) is 2.72. The van der Waals surface area contributed by atoms with Crippen LogP contribution in [0.1, 0.15) is 44.4 Å². The third-order valence-corrected chi connectivity index (χ3v) is 5.91. The lowest BCUT2D eigenvalue weighted by molar-refractivity contribution is -0.139. The summed E-state index contributed by atoms with van der Waals surface area (Å²) in [7, 11) is 1.64. The molecular formula is C25H34N2O3S. The second kappa shape index (κ2) is 11.2. The second-order valence-corrected chi connectivity index (χ2v) is 9.69. The first-order valence-electron chi connectivity index (χ1n) is 10.5. The van der Waals surface area contributed by atoms with Crippen LogP contribution in [0.4, 0.5) is 0 Å². The SMILES string of the molecule is COc1ccc(CSCC(=O)N(Cc2ccccc2C)[C@H](C)C(=O)NC(C)(C)C)cc1. The van der Waals surface area contributed by atoms with Crippen molar-refractivity contribution < 1.29 is 14.3 Å². The molecule has 0 aliphatic carbocycles. The molecular weight excluding hydrogens is 408 g/mol. The molecule has 0 saturated heterocycles. The summed E-state index contributed by atoms with van der Waals surface area (Å²) in [5, 5.41) is 3.00. The fraction of sp³-hybridized carbons (Fsp3) is 0.440. The molecule has 2 aromatic rings. The fourth-order valence-electron chi connectivity index (χ4n) is 3.09. The predicted molar refractivity (Wildman–Crippen MR) is 128 cm³/mol. The van der Waals surface area contributed by atoms with Gasteiger partial charge in [0.05, 0.1) is 12.9 Å². The monoisotopic (exact) mass is 442 g/mol. The van der Waals surface area contributed by atoms with Gasteiger partial charge in [0.2, 0.25) is 11.8 Å². The van der Waals surface area contributed by atoms with Crippen LogP contribution in [0.5, 0.6) is 5.75 Å². The number of carbonyl (C=O) groups excluding carboxylic acids is 2. The third kappa shape index (κ3) is 7.94. The Hall–Kier alpha value is -2.47. The molecule has 2 aromatic carbocycles. The van der Waals surface area contributed by atoms with Crippen molar-refractivity contribution in [3.63, 3.8) is 0 Å². The topological polar surface area (TPSA) is 58.6 Å². The van der Waals surface area contributed by atoms with E-state index in [1.165, 1.54) is 0 Å². The second-order valence-electron chi connectivity index (χ2n) is 8.70. The quantitative estimate of drug-likeness (QED) is 0.618. The van der Waals surface area contributed by atoms with E-state index in [1.807, 2.05) is 76.2 Å². The van der Waals surface area contributed by atoms with E-state index < -0.39 is 6.04 Å². The van der Waals surface area contributed by atoms with E-state index in [1.54, 1.807) is 30.7 Å². The number of ether oxygens (including phenoxy) is 1. The maximum absolute atomic E-state index is 13.2. The van der Waals surface area contributed by atoms with Crippen LogP contribution in [0.25, 0.3) is 0 Å². The molecule has 1 N–H and O–H groups in total. The number of methoxy groups -OCH3 is 1. The van der Waals surface area contributed by atoms with Crippen LogP contribution < -0.4 is 10.1 Å². The molecule has 0 heterocycles. The van der Waals surface area contributed by atoms with Crippen molar-refractivity contribution in [3.05, 3.63) is 65.2 Å². The first-order chi connectivity index (χ1) is 14.6. The molecule has 0 radical (unpaired) electrons. The van der Waals surface area contributed by atoms with Gasteiger partial charge in [-0.25, -0.2) is 0 Å². The fourth-order valence-corrected chi connectivity index (χ4v) is 3.96. The number of carbonyl (C=O) groups is 2. The van der Waals surface area contributed by atoms with Crippen LogP contribution in [0.2, 0.25) is 0 Å². The summed E-state index contributed by atoms with van der Waals surface area (Å²) in [5.74, 6) is 1.66. The summed E-state index contributed by atoms with van der Waals surface area (Å²) >= 11 is 1.55. The van der Waals surface area contributed by atoms with Gasteiger partial charge in [0.15, 0.2) is 0 Å². The smallest absolute Gasteiger partial charge is 0.242 e. The Morgan fingerprint density at radius 1 is 1.10 bits per heavy atom. The van der Waals surface area contributed by atoms with Gasteiger partial charge in [-0.2, -0.15) is 0 Å². The van der Waals surface area contributed by atoms with Gasteiger partial charge in [0.25, 0.3) is 0 Å². The Bertz CT molecular complexity index is 875. The highest BCUT2D eigenvalue weighted by atomic mass is 32.2. The lowest BCUT2D eigenvalue weighted by atomic mass is 10.1. The molecule has 1 atom stereocenters. The van der Waals surface area contributed by atoms with Crippen LogP contribution in [0.15, 0.2) is 48.5 Å². The number of rotatable bonds is 9. The largest absolute Gasteiger partial charge is 0.497 e. The summed E-state index contributed by atoms with van der Waals surface area (Å²) in [6.07, 6.45) is 0. The van der Waals surface area contributed by atoms with Gasteiger partial charge >= 0.3 is 0 Å². The van der Waals surface area contributed by atoms with Crippen molar-refractivity contribution >= 4 is 23.6 Å². The molecule has 0 aliphatic heterocycles. The maximum atomic E-state index is 13.2. The highest BCUT2D eigenvalue weighted by molar-refractivity contribution is 7.99. The Labute approximate surface area is 190 Å². The minimum atomic E-state index is -0.562. The molecule has 2 amide bonds. The number of benzene rings is 2. The number of thioether (sulfide) groups is 1. The molecule has 5 nitrogen and oxygen atoms in total. The highest BCUT2D eigenvalue weighted by Crippen LogP contribution is 2.19. The van der Waals surface area contributed by atoms with Crippen molar-refractivity contribution in [2.45, 2.75) is 58.5 Å². The van der Waals surface area contributed by atoms with E-state index in [0.29, 0.717) is 12.3 Å². The number of hydrogen-bond acceptors (Lipinski definition) is 4. The zero-order chi connectivity index (χ0) is 23.0. The first-order valence-corrected chi connectivity index (χ1v) is 11.6. The number of nitrogens with zero attached hydrogens (tertiary/aromatic N) is 1. The van der Waals surface area contributed by atoms with Gasteiger partial charge in [0, 0.05) is 17.8 Å². The van der Waals surface area contributed by atoms with Crippen LogP contribution >= 0.6 is 11.8 Å². The summed E-state index contributed by atoms with van der Waals surface area (Å²) in [6, 6.07) is 15.2. The van der Waals surface area contributed by atoms with E-state index in [-0.39, 0.29) is 17.4 Å². The van der Waals surface area contributed by atoms with E-state index in [2.05, 4.69) is 5.32 Å². The Morgan fingerprint density at radius 2 is 1.74 bits per heavy atom. The third-order valence-electron chi connectivity index (χ3n) is 4.92. The van der Waals surface area contributed by atoms with Crippen LogP contribution in [0.3, 0.4) is 0 Å². The van der Waals surface area contributed by atoms with E-state index >= 15 is 0 Å². The van der Waals surface area contributed by atoms with Gasteiger partial charge in [0.1, 0.15) is 11.8 Å². The molecule has 0 saturated carbocycles. The minimum absolute atomic E-state index is 0.0432. The van der Waals surface area contributed by atoms with Gasteiger partial charge in [-0.15, -0.1) is 11.8 Å². The molecule has 0 aliphatic rings. The number of aryl methyl sites for hydroxylation is 1. The van der Waals surface area contributed by atoms with E-state index in [0.717, 1.165) is 28.2 Å². The number of amides is 2. The lowest BCUT2D eigenvalue weighted by Gasteiger charge is -2.31. The Morgan fingerprint density at radius 3 is 2.32 bits per heavy atom. The molecule has 0 unspecified atom stereocenters. The van der Waals surface area contributed by atoms with Gasteiger partial charge in [-0.3, -0.25) is 9.59 Å². The van der Waals surface area contributed by atoms with Crippen molar-refractivity contribution in [3.8, 4) is 5.75 Å². The first kappa shape index (κ1) is 24.8. The van der Waals surface area contributed by atoms with Gasteiger partial charge < -0.3 is 15.0 Å². The molecule has 168 valence electrons. The standard InChI is InChI=1S/C25H34N2O3S/c1-18-9-7-8-10-21(18)15-27(19(2)24(29)26-25(3,4)5)23(28)17-31-16-20-11-13-22(30-6)14-12-20/h7-14,19H,15-17H2,1-6H3,(H,26,29)/t19-/m1/s1. The molecule has 0 bridgehead atoms. The molecule has 2 rings (SSSR count). The predicted octanol–water partition coefficient (Wildman–Crippen LogP) is 4.57. The van der Waals surface area contributed by atoms with Crippen molar-refractivity contribution in [1.29, 1.82) is 0 Å².